The van der Waals surface area contributed by atoms with E-state index in [2.05, 4.69) is 13.8 Å². The highest BCUT2D eigenvalue weighted by Crippen LogP contribution is 2.44. The third-order valence-electron chi connectivity index (χ3n) is 4.60. The summed E-state index contributed by atoms with van der Waals surface area (Å²) >= 11 is 0. The van der Waals surface area contributed by atoms with Crippen molar-refractivity contribution in [2.75, 3.05) is 7.05 Å². The van der Waals surface area contributed by atoms with Crippen molar-refractivity contribution in [1.82, 2.24) is 4.90 Å². The van der Waals surface area contributed by atoms with Crippen LogP contribution in [0.5, 0.6) is 0 Å². The molecule has 1 N–H and O–H groups in total. The lowest BCUT2D eigenvalue weighted by Crippen LogP contribution is -2.39. The second-order valence-electron chi connectivity index (χ2n) is 5.93. The Bertz CT molecular complexity index is 317. The number of hydrogen-bond acceptors (Lipinski definition) is 2. The SMILES string of the molecule is CCC(CC)N(C)C(=O)CC1(CC(=O)O)CCCC1. The molecule has 0 unspecified atom stereocenters. The molecule has 0 aromatic carbocycles. The summed E-state index contributed by atoms with van der Waals surface area (Å²) in [6.45, 7) is 4.17. The van der Waals surface area contributed by atoms with E-state index in [4.69, 9.17) is 5.11 Å². The van der Waals surface area contributed by atoms with Gasteiger partial charge in [-0.25, -0.2) is 0 Å². The molecule has 0 radical (unpaired) electrons. The molecule has 1 aliphatic carbocycles. The van der Waals surface area contributed by atoms with Gasteiger partial charge in [-0.2, -0.15) is 0 Å². The van der Waals surface area contributed by atoms with Gasteiger partial charge < -0.3 is 10.0 Å². The fourth-order valence-corrected chi connectivity index (χ4v) is 3.35. The minimum atomic E-state index is -0.778. The van der Waals surface area contributed by atoms with Crippen molar-refractivity contribution in [3.63, 3.8) is 0 Å². The van der Waals surface area contributed by atoms with E-state index in [0.717, 1.165) is 38.5 Å². The Labute approximate surface area is 116 Å². The van der Waals surface area contributed by atoms with Gasteiger partial charge in [-0.3, -0.25) is 9.59 Å². The molecular weight excluding hydrogens is 242 g/mol. The second kappa shape index (κ2) is 6.92. The number of nitrogens with zero attached hydrogens (tertiary/aromatic N) is 1. The van der Waals surface area contributed by atoms with Gasteiger partial charge in [0.05, 0.1) is 6.42 Å². The Kier molecular flexibility index (Phi) is 5.83. The molecule has 0 saturated heterocycles. The van der Waals surface area contributed by atoms with Crippen LogP contribution in [-0.2, 0) is 9.59 Å². The van der Waals surface area contributed by atoms with Crippen molar-refractivity contribution in [3.05, 3.63) is 0 Å². The van der Waals surface area contributed by atoms with Crippen LogP contribution in [0.1, 0.15) is 65.2 Å². The van der Waals surface area contributed by atoms with Gasteiger partial charge in [0.2, 0.25) is 5.91 Å². The van der Waals surface area contributed by atoms with Crippen molar-refractivity contribution in [2.45, 2.75) is 71.3 Å². The summed E-state index contributed by atoms with van der Waals surface area (Å²) in [7, 11) is 1.85. The molecule has 1 rings (SSSR count). The molecule has 0 aromatic rings. The average molecular weight is 269 g/mol. The summed E-state index contributed by atoms with van der Waals surface area (Å²) in [6, 6.07) is 0.274. The number of carbonyl (C=O) groups excluding carboxylic acids is 1. The second-order valence-corrected chi connectivity index (χ2v) is 5.93. The molecule has 0 atom stereocenters. The Hall–Kier alpha value is -1.06. The summed E-state index contributed by atoms with van der Waals surface area (Å²) in [6.07, 6.45) is 6.28. The summed E-state index contributed by atoms with van der Waals surface area (Å²) in [5, 5.41) is 9.07. The lowest BCUT2D eigenvalue weighted by atomic mass is 9.79. The predicted molar refractivity (Wildman–Crippen MR) is 74.9 cm³/mol. The molecule has 1 fully saturated rings. The van der Waals surface area contributed by atoms with E-state index in [1.807, 2.05) is 11.9 Å². The highest BCUT2D eigenvalue weighted by atomic mass is 16.4. The fourth-order valence-electron chi connectivity index (χ4n) is 3.35. The van der Waals surface area contributed by atoms with E-state index in [1.54, 1.807) is 0 Å². The van der Waals surface area contributed by atoms with Gasteiger partial charge in [0.25, 0.3) is 0 Å². The normalized spacial score (nSPS) is 17.7. The average Bonchev–Trinajstić information content (AvgIpc) is 2.77. The zero-order chi connectivity index (χ0) is 14.5. The van der Waals surface area contributed by atoms with E-state index >= 15 is 0 Å². The van der Waals surface area contributed by atoms with E-state index in [9.17, 15) is 9.59 Å². The lowest BCUT2D eigenvalue weighted by Gasteiger charge is -2.32. The number of aliphatic carboxylic acids is 1. The standard InChI is InChI=1S/C15H27NO3/c1-4-12(5-2)16(3)13(17)10-15(11-14(18)19)8-6-7-9-15/h12H,4-11H2,1-3H3,(H,18,19). The first-order valence-electron chi connectivity index (χ1n) is 7.41. The molecule has 0 bridgehead atoms. The van der Waals surface area contributed by atoms with Gasteiger partial charge in [0, 0.05) is 19.5 Å². The van der Waals surface area contributed by atoms with Crippen molar-refractivity contribution in [2.24, 2.45) is 5.41 Å². The highest BCUT2D eigenvalue weighted by Gasteiger charge is 2.39. The first-order chi connectivity index (χ1) is 8.94. The molecule has 4 heteroatoms. The fraction of sp³-hybridized carbons (Fsp3) is 0.867. The topological polar surface area (TPSA) is 57.6 Å². The van der Waals surface area contributed by atoms with Crippen LogP contribution in [-0.4, -0.2) is 35.0 Å². The number of carbonyl (C=O) groups is 2. The molecule has 110 valence electrons. The van der Waals surface area contributed by atoms with Crippen molar-refractivity contribution in [3.8, 4) is 0 Å². The Morgan fingerprint density at radius 3 is 2.11 bits per heavy atom. The molecule has 4 nitrogen and oxygen atoms in total. The smallest absolute Gasteiger partial charge is 0.303 e. The van der Waals surface area contributed by atoms with Crippen LogP contribution in [0.15, 0.2) is 0 Å². The molecule has 19 heavy (non-hydrogen) atoms. The number of amides is 1. The maximum atomic E-state index is 12.4. The minimum Gasteiger partial charge on any atom is -0.481 e. The van der Waals surface area contributed by atoms with E-state index in [-0.39, 0.29) is 23.8 Å². The molecule has 0 heterocycles. The third kappa shape index (κ3) is 4.22. The third-order valence-corrected chi connectivity index (χ3v) is 4.60. The predicted octanol–water partition coefficient (Wildman–Crippen LogP) is 3.06. The van der Waals surface area contributed by atoms with Crippen LogP contribution in [0.2, 0.25) is 0 Å². The quantitative estimate of drug-likeness (QED) is 0.772. The number of carboxylic acids is 1. The number of rotatable bonds is 7. The molecule has 0 aliphatic heterocycles. The molecule has 1 amide bonds. The summed E-state index contributed by atoms with van der Waals surface area (Å²) < 4.78 is 0. The van der Waals surface area contributed by atoms with Crippen molar-refractivity contribution >= 4 is 11.9 Å². The maximum Gasteiger partial charge on any atom is 0.303 e. The van der Waals surface area contributed by atoms with Gasteiger partial charge in [0.15, 0.2) is 0 Å². The van der Waals surface area contributed by atoms with E-state index in [1.165, 1.54) is 0 Å². The molecule has 1 aliphatic rings. The summed E-state index contributed by atoms with van der Waals surface area (Å²) in [4.78, 5) is 25.2. The van der Waals surface area contributed by atoms with Gasteiger partial charge in [-0.1, -0.05) is 26.7 Å². The lowest BCUT2D eigenvalue weighted by molar-refractivity contribution is -0.141. The first-order valence-corrected chi connectivity index (χ1v) is 7.41. The van der Waals surface area contributed by atoms with Crippen LogP contribution in [0, 0.1) is 5.41 Å². The summed E-state index contributed by atoms with van der Waals surface area (Å²) in [5.41, 5.74) is -0.288. The first kappa shape index (κ1) is 16.0. The minimum absolute atomic E-state index is 0.108. The maximum absolute atomic E-state index is 12.4. The Morgan fingerprint density at radius 1 is 1.16 bits per heavy atom. The van der Waals surface area contributed by atoms with Crippen LogP contribution < -0.4 is 0 Å². The summed E-state index contributed by atoms with van der Waals surface area (Å²) in [5.74, 6) is -0.670. The zero-order valence-corrected chi connectivity index (χ0v) is 12.4. The highest BCUT2D eigenvalue weighted by molar-refractivity contribution is 5.78. The Morgan fingerprint density at radius 2 is 1.68 bits per heavy atom. The van der Waals surface area contributed by atoms with Gasteiger partial charge in [0.1, 0.15) is 0 Å². The van der Waals surface area contributed by atoms with Crippen LogP contribution in [0.25, 0.3) is 0 Å². The van der Waals surface area contributed by atoms with Crippen molar-refractivity contribution in [1.29, 1.82) is 0 Å². The van der Waals surface area contributed by atoms with Crippen molar-refractivity contribution < 1.29 is 14.7 Å². The largest absolute Gasteiger partial charge is 0.481 e. The van der Waals surface area contributed by atoms with Crippen LogP contribution in [0.3, 0.4) is 0 Å². The molecular formula is C15H27NO3. The van der Waals surface area contributed by atoms with Crippen LogP contribution in [0.4, 0.5) is 0 Å². The van der Waals surface area contributed by atoms with Gasteiger partial charge >= 0.3 is 5.97 Å². The van der Waals surface area contributed by atoms with E-state index < -0.39 is 5.97 Å². The zero-order valence-electron chi connectivity index (χ0n) is 12.4. The molecule has 1 saturated carbocycles. The van der Waals surface area contributed by atoms with Gasteiger partial charge in [-0.15, -0.1) is 0 Å². The number of carboxylic acid groups (broad SMARTS) is 1. The van der Waals surface area contributed by atoms with Crippen LogP contribution >= 0.6 is 0 Å². The van der Waals surface area contributed by atoms with Gasteiger partial charge in [-0.05, 0) is 31.1 Å². The Balaban J connectivity index is 2.68. The molecule has 0 aromatic heterocycles. The van der Waals surface area contributed by atoms with E-state index in [0.29, 0.717) is 6.42 Å². The molecule has 0 spiro atoms. The number of hydrogen-bond donors (Lipinski definition) is 1. The monoisotopic (exact) mass is 269 g/mol.